The van der Waals surface area contributed by atoms with Crippen molar-refractivity contribution in [3.05, 3.63) is 76.2 Å². The first-order chi connectivity index (χ1) is 14.2. The number of nitrogens with one attached hydrogen (secondary N) is 1. The summed E-state index contributed by atoms with van der Waals surface area (Å²) in [6.07, 6.45) is 4.14. The lowest BCUT2D eigenvalue weighted by molar-refractivity contribution is 0.174. The van der Waals surface area contributed by atoms with Crippen molar-refractivity contribution in [3.63, 3.8) is 0 Å². The molecular formula is C21H18BrN5O2. The second-order valence-electron chi connectivity index (χ2n) is 6.73. The maximum atomic E-state index is 6.07. The number of ether oxygens (including phenoxy) is 2. The van der Waals surface area contributed by atoms with E-state index in [-0.39, 0.29) is 6.79 Å². The van der Waals surface area contributed by atoms with E-state index < -0.39 is 0 Å². The molecule has 29 heavy (non-hydrogen) atoms. The first-order valence-electron chi connectivity index (χ1n) is 9.16. The molecule has 146 valence electrons. The molecule has 8 heteroatoms. The molecule has 1 aliphatic rings. The molecule has 0 atom stereocenters. The lowest BCUT2D eigenvalue weighted by Crippen LogP contribution is -2.05. The number of anilines is 2. The molecule has 0 unspecified atom stereocenters. The summed E-state index contributed by atoms with van der Waals surface area (Å²) in [5, 5.41) is 3.52. The minimum atomic E-state index is 0.242. The molecule has 0 saturated heterocycles. The molecule has 7 nitrogen and oxygen atoms in total. The highest BCUT2D eigenvalue weighted by atomic mass is 79.9. The lowest BCUT2D eigenvalue weighted by Gasteiger charge is -2.10. The van der Waals surface area contributed by atoms with Crippen LogP contribution in [0.1, 0.15) is 16.8 Å². The molecule has 5 rings (SSSR count). The molecule has 0 fully saturated rings. The van der Waals surface area contributed by atoms with Gasteiger partial charge in [-0.1, -0.05) is 46.3 Å². The highest BCUT2D eigenvalue weighted by Gasteiger charge is 2.20. The number of aromatic nitrogens is 3. The van der Waals surface area contributed by atoms with Crippen LogP contribution in [0.2, 0.25) is 0 Å². The van der Waals surface area contributed by atoms with Gasteiger partial charge in [0.25, 0.3) is 0 Å². The van der Waals surface area contributed by atoms with E-state index in [9.17, 15) is 0 Å². The van der Waals surface area contributed by atoms with Crippen LogP contribution < -0.4 is 20.5 Å². The van der Waals surface area contributed by atoms with Gasteiger partial charge in [0.1, 0.15) is 5.82 Å². The van der Waals surface area contributed by atoms with E-state index >= 15 is 0 Å². The minimum Gasteiger partial charge on any atom is -0.454 e. The van der Waals surface area contributed by atoms with Crippen LogP contribution in [0.4, 0.5) is 11.6 Å². The Morgan fingerprint density at radius 1 is 1.14 bits per heavy atom. The van der Waals surface area contributed by atoms with Crippen LogP contribution in [0, 0.1) is 0 Å². The molecule has 4 aromatic rings. The summed E-state index contributed by atoms with van der Waals surface area (Å²) < 4.78 is 13.9. The standard InChI is InChI=1S/C21H18BrN5O2/c22-15-10-18-17(28-12-29-18)9-14(15)8-16-20(25-11-13-4-2-1-3-5-13)27-7-6-24-19(23)21(27)26-16/h1-7,9-10,25H,8,11-12H2,(H2,23,24). The fourth-order valence-corrected chi connectivity index (χ4v) is 3.87. The zero-order valence-corrected chi connectivity index (χ0v) is 17.0. The Hall–Kier alpha value is -3.26. The van der Waals surface area contributed by atoms with Crippen LogP contribution in [-0.4, -0.2) is 21.2 Å². The smallest absolute Gasteiger partial charge is 0.231 e. The van der Waals surface area contributed by atoms with Gasteiger partial charge in [-0.3, -0.25) is 4.40 Å². The van der Waals surface area contributed by atoms with Crippen LogP contribution in [0.3, 0.4) is 0 Å². The van der Waals surface area contributed by atoms with Gasteiger partial charge in [0.05, 0.1) is 5.69 Å². The van der Waals surface area contributed by atoms with Crippen molar-refractivity contribution in [2.75, 3.05) is 17.8 Å². The predicted octanol–water partition coefficient (Wildman–Crippen LogP) is 4.01. The summed E-state index contributed by atoms with van der Waals surface area (Å²) in [4.78, 5) is 8.95. The molecule has 0 aliphatic carbocycles. The third kappa shape index (κ3) is 3.36. The fraction of sp³-hybridized carbons (Fsp3) is 0.143. The zero-order chi connectivity index (χ0) is 19.8. The Balaban J connectivity index is 1.53. The highest BCUT2D eigenvalue weighted by Crippen LogP contribution is 2.38. The maximum Gasteiger partial charge on any atom is 0.231 e. The third-order valence-corrected chi connectivity index (χ3v) is 5.58. The Labute approximate surface area is 175 Å². The van der Waals surface area contributed by atoms with Gasteiger partial charge in [0.2, 0.25) is 6.79 Å². The molecule has 3 heterocycles. The summed E-state index contributed by atoms with van der Waals surface area (Å²) in [6, 6.07) is 14.1. The summed E-state index contributed by atoms with van der Waals surface area (Å²) >= 11 is 3.64. The van der Waals surface area contributed by atoms with Crippen LogP contribution in [0.15, 0.2) is 59.3 Å². The Morgan fingerprint density at radius 2 is 1.93 bits per heavy atom. The molecule has 0 spiro atoms. The maximum absolute atomic E-state index is 6.07. The fourth-order valence-electron chi connectivity index (χ4n) is 3.41. The SMILES string of the molecule is Nc1nccn2c(NCc3ccccc3)c(Cc3cc4c(cc3Br)OCO4)nc12. The first-order valence-corrected chi connectivity index (χ1v) is 9.95. The average Bonchev–Trinajstić information content (AvgIpc) is 3.32. The Kier molecular flexibility index (Phi) is 4.48. The van der Waals surface area contributed by atoms with Crippen molar-refractivity contribution in [2.24, 2.45) is 0 Å². The van der Waals surface area contributed by atoms with E-state index in [1.807, 2.05) is 40.9 Å². The first kappa shape index (κ1) is 17.8. The lowest BCUT2D eigenvalue weighted by atomic mass is 10.1. The van der Waals surface area contributed by atoms with Crippen molar-refractivity contribution in [1.82, 2.24) is 14.4 Å². The molecule has 0 radical (unpaired) electrons. The molecule has 0 amide bonds. The quantitative estimate of drug-likeness (QED) is 0.476. The monoisotopic (exact) mass is 451 g/mol. The zero-order valence-electron chi connectivity index (χ0n) is 15.4. The Bertz CT molecular complexity index is 1190. The second kappa shape index (κ2) is 7.29. The number of halogens is 1. The van der Waals surface area contributed by atoms with Gasteiger partial charge in [-0.05, 0) is 23.3 Å². The minimum absolute atomic E-state index is 0.242. The number of imidazole rings is 1. The number of nitrogens with zero attached hydrogens (tertiary/aromatic N) is 3. The van der Waals surface area contributed by atoms with Crippen LogP contribution >= 0.6 is 15.9 Å². The van der Waals surface area contributed by atoms with Crippen molar-refractivity contribution < 1.29 is 9.47 Å². The normalized spacial score (nSPS) is 12.4. The van der Waals surface area contributed by atoms with E-state index in [4.69, 9.17) is 20.2 Å². The summed E-state index contributed by atoms with van der Waals surface area (Å²) in [5.41, 5.74) is 9.81. The van der Waals surface area contributed by atoms with Gasteiger partial charge in [-0.2, -0.15) is 0 Å². The van der Waals surface area contributed by atoms with Gasteiger partial charge in [0.15, 0.2) is 23.0 Å². The highest BCUT2D eigenvalue weighted by molar-refractivity contribution is 9.10. The molecule has 3 N–H and O–H groups in total. The summed E-state index contributed by atoms with van der Waals surface area (Å²) in [5.74, 6) is 2.77. The third-order valence-electron chi connectivity index (χ3n) is 4.84. The number of hydrogen-bond acceptors (Lipinski definition) is 6. The van der Waals surface area contributed by atoms with Gasteiger partial charge in [-0.15, -0.1) is 0 Å². The van der Waals surface area contributed by atoms with Crippen molar-refractivity contribution in [3.8, 4) is 11.5 Å². The van der Waals surface area contributed by atoms with Crippen molar-refractivity contribution in [2.45, 2.75) is 13.0 Å². The molecule has 0 bridgehead atoms. The molecule has 1 aliphatic heterocycles. The number of benzene rings is 2. The van der Waals surface area contributed by atoms with E-state index in [1.165, 1.54) is 5.56 Å². The van der Waals surface area contributed by atoms with Gasteiger partial charge in [0, 0.05) is 29.8 Å². The van der Waals surface area contributed by atoms with Crippen molar-refractivity contribution >= 4 is 33.2 Å². The molecule has 0 saturated carbocycles. The van der Waals surface area contributed by atoms with Crippen LogP contribution in [0.5, 0.6) is 11.5 Å². The topological polar surface area (TPSA) is 86.7 Å². The van der Waals surface area contributed by atoms with E-state index in [2.05, 4.69) is 38.4 Å². The van der Waals surface area contributed by atoms with Crippen molar-refractivity contribution in [1.29, 1.82) is 0 Å². The average molecular weight is 452 g/mol. The van der Waals surface area contributed by atoms with E-state index in [0.29, 0.717) is 24.4 Å². The number of nitrogens with two attached hydrogens (primary N) is 1. The van der Waals surface area contributed by atoms with Crippen LogP contribution in [-0.2, 0) is 13.0 Å². The molecular weight excluding hydrogens is 434 g/mol. The van der Waals surface area contributed by atoms with Gasteiger partial charge >= 0.3 is 0 Å². The number of hydrogen-bond donors (Lipinski definition) is 2. The predicted molar refractivity (Wildman–Crippen MR) is 114 cm³/mol. The van der Waals surface area contributed by atoms with E-state index in [1.54, 1.807) is 6.20 Å². The second-order valence-corrected chi connectivity index (χ2v) is 7.58. The van der Waals surface area contributed by atoms with Crippen LogP contribution in [0.25, 0.3) is 5.65 Å². The molecule has 2 aromatic heterocycles. The summed E-state index contributed by atoms with van der Waals surface area (Å²) in [7, 11) is 0. The summed E-state index contributed by atoms with van der Waals surface area (Å²) in [6.45, 7) is 0.915. The van der Waals surface area contributed by atoms with E-state index in [0.717, 1.165) is 33.0 Å². The number of rotatable bonds is 5. The Morgan fingerprint density at radius 3 is 2.76 bits per heavy atom. The number of fused-ring (bicyclic) bond motifs is 2. The van der Waals surface area contributed by atoms with Gasteiger partial charge in [-0.25, -0.2) is 9.97 Å². The van der Waals surface area contributed by atoms with Gasteiger partial charge < -0.3 is 20.5 Å². The number of nitrogen functional groups attached to an aromatic ring is 1. The largest absolute Gasteiger partial charge is 0.454 e. The molecule has 2 aromatic carbocycles.